The first-order chi connectivity index (χ1) is 9.60. The third-order valence-corrected chi connectivity index (χ3v) is 3.79. The minimum absolute atomic E-state index is 0.0984. The van der Waals surface area contributed by atoms with Crippen LogP contribution in [0.5, 0.6) is 0 Å². The summed E-state index contributed by atoms with van der Waals surface area (Å²) in [7, 11) is 0. The molecule has 1 amide bonds. The first-order valence-electron chi connectivity index (χ1n) is 7.53. The maximum Gasteiger partial charge on any atom is 0.239 e. The fraction of sp³-hybridized carbons (Fsp3) is 0.562. The van der Waals surface area contributed by atoms with Gasteiger partial charge in [0.1, 0.15) is 0 Å². The van der Waals surface area contributed by atoms with E-state index in [1.54, 1.807) is 0 Å². The number of rotatable bonds is 5. The molecule has 0 radical (unpaired) electrons. The molecule has 0 bridgehead atoms. The molecule has 0 aliphatic carbocycles. The van der Waals surface area contributed by atoms with E-state index in [0.29, 0.717) is 6.54 Å². The van der Waals surface area contributed by atoms with Crippen molar-refractivity contribution in [3.05, 3.63) is 23.8 Å². The van der Waals surface area contributed by atoms with Crippen molar-refractivity contribution in [1.82, 2.24) is 5.32 Å². The monoisotopic (exact) mass is 275 g/mol. The first-order valence-corrected chi connectivity index (χ1v) is 7.53. The number of hydrogen-bond donors (Lipinski definition) is 2. The minimum atomic E-state index is 0.0984. The number of carbonyl (C=O) groups excluding carboxylic acids is 1. The topological polar surface area (TPSA) is 58.4 Å². The quantitative estimate of drug-likeness (QED) is 0.811. The number of anilines is 2. The van der Waals surface area contributed by atoms with Gasteiger partial charge in [-0.2, -0.15) is 0 Å². The molecule has 1 aromatic rings. The van der Waals surface area contributed by atoms with E-state index < -0.39 is 0 Å². The highest BCUT2D eigenvalue weighted by atomic mass is 16.2. The number of hydrogen-bond acceptors (Lipinski definition) is 3. The molecule has 1 unspecified atom stereocenters. The summed E-state index contributed by atoms with van der Waals surface area (Å²) in [6.45, 7) is 5.53. The lowest BCUT2D eigenvalue weighted by molar-refractivity contribution is -0.120. The molecule has 0 saturated carbocycles. The number of carbonyl (C=O) groups is 1. The maximum absolute atomic E-state index is 12.1. The number of amides is 1. The van der Waals surface area contributed by atoms with Crippen LogP contribution in [0, 0.1) is 0 Å². The average Bonchev–Trinajstić information content (AvgIpc) is 2.39. The fourth-order valence-corrected chi connectivity index (χ4v) is 2.83. The van der Waals surface area contributed by atoms with Gasteiger partial charge in [0.05, 0.1) is 6.54 Å². The van der Waals surface area contributed by atoms with E-state index in [2.05, 4.69) is 30.1 Å². The summed E-state index contributed by atoms with van der Waals surface area (Å²) in [5, 5.41) is 3.06. The van der Waals surface area contributed by atoms with E-state index in [4.69, 9.17) is 5.73 Å². The van der Waals surface area contributed by atoms with Crippen molar-refractivity contribution in [1.29, 1.82) is 0 Å². The van der Waals surface area contributed by atoms with Crippen molar-refractivity contribution >= 4 is 17.3 Å². The third kappa shape index (κ3) is 3.65. The van der Waals surface area contributed by atoms with Gasteiger partial charge in [-0.05, 0) is 43.9 Å². The van der Waals surface area contributed by atoms with Crippen molar-refractivity contribution in [3.63, 3.8) is 0 Å². The van der Waals surface area contributed by atoms with Crippen molar-refractivity contribution < 1.29 is 4.79 Å². The molecule has 0 fully saturated rings. The Morgan fingerprint density at radius 3 is 3.05 bits per heavy atom. The Morgan fingerprint density at radius 1 is 1.50 bits per heavy atom. The molecular formula is C16H25N3O. The molecule has 1 aliphatic rings. The summed E-state index contributed by atoms with van der Waals surface area (Å²) in [5.74, 6) is 0.0984. The SMILES string of the molecule is CCCC(C)NC(=O)CN1CCCc2ccc(N)cc21. The molecule has 3 N–H and O–H groups in total. The van der Waals surface area contributed by atoms with Crippen molar-refractivity contribution in [2.75, 3.05) is 23.7 Å². The summed E-state index contributed by atoms with van der Waals surface area (Å²) in [5.41, 5.74) is 9.04. The highest BCUT2D eigenvalue weighted by Crippen LogP contribution is 2.28. The fourth-order valence-electron chi connectivity index (χ4n) is 2.83. The lowest BCUT2D eigenvalue weighted by atomic mass is 10.0. The van der Waals surface area contributed by atoms with E-state index in [0.717, 1.165) is 43.6 Å². The average molecular weight is 275 g/mol. The van der Waals surface area contributed by atoms with E-state index in [1.165, 1.54) is 5.56 Å². The van der Waals surface area contributed by atoms with Crippen molar-refractivity contribution in [3.8, 4) is 0 Å². The predicted octanol–water partition coefficient (Wildman–Crippen LogP) is 2.33. The predicted molar refractivity (Wildman–Crippen MR) is 83.9 cm³/mol. The number of fused-ring (bicyclic) bond motifs is 1. The lowest BCUT2D eigenvalue weighted by Gasteiger charge is -2.31. The van der Waals surface area contributed by atoms with E-state index in [-0.39, 0.29) is 11.9 Å². The van der Waals surface area contributed by atoms with E-state index in [1.807, 2.05) is 12.1 Å². The van der Waals surface area contributed by atoms with Gasteiger partial charge >= 0.3 is 0 Å². The standard InChI is InChI=1S/C16H25N3O/c1-3-5-12(2)18-16(20)11-19-9-4-6-13-7-8-14(17)10-15(13)19/h7-8,10,12H,3-6,9,11,17H2,1-2H3,(H,18,20). The second-order valence-corrected chi connectivity index (χ2v) is 5.67. The first kappa shape index (κ1) is 14.7. The number of nitrogen functional groups attached to an aromatic ring is 1. The van der Waals surface area contributed by atoms with Crippen LogP contribution in [-0.4, -0.2) is 25.0 Å². The van der Waals surface area contributed by atoms with E-state index >= 15 is 0 Å². The van der Waals surface area contributed by atoms with Crippen LogP contribution in [0.25, 0.3) is 0 Å². The molecule has 0 saturated heterocycles. The molecule has 2 rings (SSSR count). The summed E-state index contributed by atoms with van der Waals surface area (Å²) >= 11 is 0. The molecule has 0 aromatic heterocycles. The number of nitrogens with zero attached hydrogens (tertiary/aromatic N) is 1. The zero-order valence-corrected chi connectivity index (χ0v) is 12.5. The molecule has 110 valence electrons. The Morgan fingerprint density at radius 2 is 2.30 bits per heavy atom. The van der Waals surface area contributed by atoms with Crippen LogP contribution in [0.1, 0.15) is 38.7 Å². The Bertz CT molecular complexity index is 473. The number of aryl methyl sites for hydroxylation is 1. The number of nitrogens with two attached hydrogens (primary N) is 1. The Hall–Kier alpha value is -1.71. The van der Waals surface area contributed by atoms with E-state index in [9.17, 15) is 4.79 Å². The molecule has 1 aliphatic heterocycles. The lowest BCUT2D eigenvalue weighted by Crippen LogP contribution is -2.42. The third-order valence-electron chi connectivity index (χ3n) is 3.79. The van der Waals surface area contributed by atoms with Gasteiger partial charge in [0.25, 0.3) is 0 Å². The zero-order valence-electron chi connectivity index (χ0n) is 12.5. The highest BCUT2D eigenvalue weighted by Gasteiger charge is 2.19. The number of nitrogens with one attached hydrogen (secondary N) is 1. The van der Waals surface area contributed by atoms with Crippen molar-refractivity contribution in [2.24, 2.45) is 0 Å². The van der Waals surface area contributed by atoms with Crippen LogP contribution in [0.4, 0.5) is 11.4 Å². The molecular weight excluding hydrogens is 250 g/mol. The molecule has 0 spiro atoms. The Labute approximate surface area is 121 Å². The summed E-state index contributed by atoms with van der Waals surface area (Å²) < 4.78 is 0. The Kier molecular flexibility index (Phi) is 4.88. The minimum Gasteiger partial charge on any atom is -0.399 e. The normalized spacial score (nSPS) is 15.6. The van der Waals surface area contributed by atoms with Crippen LogP contribution in [0.15, 0.2) is 18.2 Å². The van der Waals surface area contributed by atoms with Crippen LogP contribution in [0.3, 0.4) is 0 Å². The maximum atomic E-state index is 12.1. The second-order valence-electron chi connectivity index (χ2n) is 5.67. The molecule has 4 nitrogen and oxygen atoms in total. The number of benzene rings is 1. The largest absolute Gasteiger partial charge is 0.399 e. The zero-order chi connectivity index (χ0) is 14.5. The molecule has 1 atom stereocenters. The molecule has 20 heavy (non-hydrogen) atoms. The van der Waals surface area contributed by atoms with Gasteiger partial charge in [0, 0.05) is 24.0 Å². The summed E-state index contributed by atoms with van der Waals surface area (Å²) in [6, 6.07) is 6.25. The van der Waals surface area contributed by atoms with Crippen molar-refractivity contribution in [2.45, 2.75) is 45.6 Å². The highest BCUT2D eigenvalue weighted by molar-refractivity contribution is 5.82. The second kappa shape index (κ2) is 6.64. The summed E-state index contributed by atoms with van der Waals surface area (Å²) in [6.07, 6.45) is 4.27. The van der Waals surface area contributed by atoms with Gasteiger partial charge < -0.3 is 16.0 Å². The smallest absolute Gasteiger partial charge is 0.239 e. The van der Waals surface area contributed by atoms with Gasteiger partial charge in [-0.15, -0.1) is 0 Å². The van der Waals surface area contributed by atoms with Gasteiger partial charge in [0.15, 0.2) is 0 Å². The van der Waals surface area contributed by atoms with Crippen LogP contribution < -0.4 is 16.0 Å². The Balaban J connectivity index is 2.01. The van der Waals surface area contributed by atoms with Crippen LogP contribution in [0.2, 0.25) is 0 Å². The molecule has 1 aromatic carbocycles. The molecule has 1 heterocycles. The van der Waals surface area contributed by atoms with Gasteiger partial charge in [0.2, 0.25) is 5.91 Å². The van der Waals surface area contributed by atoms with Crippen LogP contribution >= 0.6 is 0 Å². The van der Waals surface area contributed by atoms with Gasteiger partial charge in [-0.25, -0.2) is 0 Å². The van der Waals surface area contributed by atoms with Crippen LogP contribution in [-0.2, 0) is 11.2 Å². The van der Waals surface area contributed by atoms with Gasteiger partial charge in [-0.3, -0.25) is 4.79 Å². The van der Waals surface area contributed by atoms with Gasteiger partial charge in [-0.1, -0.05) is 19.4 Å². The summed E-state index contributed by atoms with van der Waals surface area (Å²) in [4.78, 5) is 14.2. The molecule has 4 heteroatoms.